The largest absolute Gasteiger partial charge is 0.351 e. The van der Waals surface area contributed by atoms with Gasteiger partial charge in [0.15, 0.2) is 5.82 Å². The fraction of sp³-hybridized carbons (Fsp3) is 0.632. The highest BCUT2D eigenvalue weighted by molar-refractivity contribution is 5.79. The third-order valence-electron chi connectivity index (χ3n) is 5.12. The minimum atomic E-state index is 0.0179. The zero-order valence-corrected chi connectivity index (χ0v) is 15.2. The maximum Gasteiger partial charge on any atom is 0.226 e. The molecule has 5 heteroatoms. The molecule has 1 saturated heterocycles. The van der Waals surface area contributed by atoms with Crippen LogP contribution in [0.2, 0.25) is 0 Å². The molecule has 0 N–H and O–H groups in total. The molecule has 1 atom stereocenters. The van der Waals surface area contributed by atoms with E-state index in [4.69, 9.17) is 0 Å². The van der Waals surface area contributed by atoms with Crippen LogP contribution in [0, 0.1) is 5.92 Å². The molecule has 1 aliphatic carbocycles. The molecule has 0 spiro atoms. The molecule has 130 valence electrons. The van der Waals surface area contributed by atoms with Crippen molar-refractivity contribution in [3.63, 3.8) is 0 Å². The fourth-order valence-corrected chi connectivity index (χ4v) is 3.27. The lowest BCUT2D eigenvalue weighted by atomic mass is 9.92. The van der Waals surface area contributed by atoms with Gasteiger partial charge >= 0.3 is 0 Å². The van der Waals surface area contributed by atoms with Gasteiger partial charge in [0.05, 0.1) is 11.7 Å². The monoisotopic (exact) mass is 328 g/mol. The number of amides is 1. The fourth-order valence-electron chi connectivity index (χ4n) is 3.27. The van der Waals surface area contributed by atoms with Crippen molar-refractivity contribution in [3.05, 3.63) is 30.0 Å². The highest BCUT2D eigenvalue weighted by Crippen LogP contribution is 2.26. The molecule has 2 heterocycles. The van der Waals surface area contributed by atoms with Gasteiger partial charge in [-0.1, -0.05) is 32.9 Å². The Labute approximate surface area is 144 Å². The molecule has 0 radical (unpaired) electrons. The van der Waals surface area contributed by atoms with Gasteiger partial charge in [0.25, 0.3) is 0 Å². The first-order valence-corrected chi connectivity index (χ1v) is 8.87. The van der Waals surface area contributed by atoms with Crippen LogP contribution in [0.4, 0.5) is 5.82 Å². The Hall–Kier alpha value is -1.91. The minimum absolute atomic E-state index is 0.0179. The molecule has 3 rings (SSSR count). The van der Waals surface area contributed by atoms with Gasteiger partial charge in [-0.3, -0.25) is 4.79 Å². The van der Waals surface area contributed by atoms with Gasteiger partial charge in [0.2, 0.25) is 5.91 Å². The number of carbonyl (C=O) groups is 1. The maximum absolute atomic E-state index is 12.6. The highest BCUT2D eigenvalue weighted by Gasteiger charge is 2.35. The minimum Gasteiger partial charge on any atom is -0.351 e. The van der Waals surface area contributed by atoms with Crippen molar-refractivity contribution < 1.29 is 4.79 Å². The van der Waals surface area contributed by atoms with Crippen LogP contribution in [0.15, 0.2) is 24.3 Å². The summed E-state index contributed by atoms with van der Waals surface area (Å²) in [6, 6.07) is 4.38. The van der Waals surface area contributed by atoms with Crippen LogP contribution in [-0.2, 0) is 10.2 Å². The van der Waals surface area contributed by atoms with E-state index in [-0.39, 0.29) is 23.3 Å². The summed E-state index contributed by atoms with van der Waals surface area (Å²) in [6.07, 6.45) is 7.21. The summed E-state index contributed by atoms with van der Waals surface area (Å²) in [6.45, 7) is 8.09. The molecule has 0 saturated carbocycles. The van der Waals surface area contributed by atoms with Gasteiger partial charge in [-0.25, -0.2) is 0 Å². The molecular formula is C19H28N4O. The lowest BCUT2D eigenvalue weighted by Gasteiger charge is -2.45. The Balaban J connectivity index is 1.55. The molecule has 1 unspecified atom stereocenters. The molecule has 2 aliphatic rings. The third-order valence-corrected chi connectivity index (χ3v) is 5.12. The van der Waals surface area contributed by atoms with Crippen LogP contribution < -0.4 is 4.90 Å². The van der Waals surface area contributed by atoms with E-state index in [0.29, 0.717) is 0 Å². The maximum atomic E-state index is 12.6. The Morgan fingerprint density at radius 3 is 2.50 bits per heavy atom. The summed E-state index contributed by atoms with van der Waals surface area (Å²) in [5.74, 6) is 1.36. The molecule has 1 aliphatic heterocycles. The normalized spacial score (nSPS) is 21.5. The average molecular weight is 328 g/mol. The zero-order chi connectivity index (χ0) is 17.3. The van der Waals surface area contributed by atoms with Crippen molar-refractivity contribution in [1.82, 2.24) is 15.1 Å². The van der Waals surface area contributed by atoms with Gasteiger partial charge in [0.1, 0.15) is 0 Å². The zero-order valence-electron chi connectivity index (χ0n) is 15.2. The number of likely N-dealkylation sites (N-methyl/N-ethyl adjacent to an activating group) is 1. The second-order valence-corrected chi connectivity index (χ2v) is 8.02. The summed E-state index contributed by atoms with van der Waals surface area (Å²) in [5, 5.41) is 8.71. The van der Waals surface area contributed by atoms with Crippen LogP contribution in [0.1, 0.15) is 45.7 Å². The Bertz CT molecular complexity index is 611. The number of carbonyl (C=O) groups excluding carboxylic acids is 1. The van der Waals surface area contributed by atoms with E-state index in [9.17, 15) is 4.79 Å². The van der Waals surface area contributed by atoms with Crippen molar-refractivity contribution in [2.24, 2.45) is 5.92 Å². The van der Waals surface area contributed by atoms with Gasteiger partial charge in [-0.05, 0) is 31.4 Å². The van der Waals surface area contributed by atoms with Crippen molar-refractivity contribution in [3.8, 4) is 0 Å². The second kappa shape index (κ2) is 6.54. The standard InChI is InChI=1S/C19H28N4O/c1-19(2,3)16-10-11-17(21-20-16)23-12-15(13-23)22(4)18(24)14-8-6-5-7-9-14/h5-6,10-11,14-15H,7-9,12-13H2,1-4H3. The third kappa shape index (κ3) is 3.45. The van der Waals surface area contributed by atoms with Crippen molar-refractivity contribution in [1.29, 1.82) is 0 Å². The lowest BCUT2D eigenvalue weighted by molar-refractivity contribution is -0.137. The predicted molar refractivity (Wildman–Crippen MR) is 96.0 cm³/mol. The second-order valence-electron chi connectivity index (χ2n) is 8.02. The van der Waals surface area contributed by atoms with E-state index >= 15 is 0 Å². The molecule has 1 fully saturated rings. The van der Waals surface area contributed by atoms with Gasteiger partial charge < -0.3 is 9.80 Å². The molecule has 1 amide bonds. The first kappa shape index (κ1) is 16.9. The molecule has 1 aromatic rings. The molecule has 0 bridgehead atoms. The SMILES string of the molecule is CN(C(=O)C1CC=CCC1)C1CN(c2ccc(C(C)(C)C)nn2)C1. The summed E-state index contributed by atoms with van der Waals surface area (Å²) in [5.41, 5.74) is 1.02. The highest BCUT2D eigenvalue weighted by atomic mass is 16.2. The van der Waals surface area contributed by atoms with E-state index in [2.05, 4.69) is 54.1 Å². The summed E-state index contributed by atoms with van der Waals surface area (Å²) >= 11 is 0. The molecule has 5 nitrogen and oxygen atoms in total. The van der Waals surface area contributed by atoms with Crippen LogP contribution in [0.25, 0.3) is 0 Å². The van der Waals surface area contributed by atoms with E-state index in [0.717, 1.165) is 43.9 Å². The van der Waals surface area contributed by atoms with Crippen molar-refractivity contribution in [2.75, 3.05) is 25.0 Å². The topological polar surface area (TPSA) is 49.3 Å². The smallest absolute Gasteiger partial charge is 0.226 e. The predicted octanol–water partition coefficient (Wildman–Crippen LogP) is 2.78. The first-order chi connectivity index (χ1) is 11.4. The van der Waals surface area contributed by atoms with Crippen LogP contribution in [0.5, 0.6) is 0 Å². The van der Waals surface area contributed by atoms with Gasteiger partial charge in [0, 0.05) is 31.5 Å². The number of rotatable bonds is 3. The van der Waals surface area contributed by atoms with Crippen molar-refractivity contribution >= 4 is 11.7 Å². The lowest BCUT2D eigenvalue weighted by Crippen LogP contribution is -2.61. The van der Waals surface area contributed by atoms with Crippen molar-refractivity contribution in [2.45, 2.75) is 51.5 Å². The number of nitrogens with zero attached hydrogens (tertiary/aromatic N) is 4. The number of hydrogen-bond acceptors (Lipinski definition) is 4. The average Bonchev–Trinajstić information content (AvgIpc) is 2.53. The molecular weight excluding hydrogens is 300 g/mol. The number of anilines is 1. The number of aromatic nitrogens is 2. The summed E-state index contributed by atoms with van der Waals surface area (Å²) in [4.78, 5) is 16.7. The number of hydrogen-bond donors (Lipinski definition) is 0. The Morgan fingerprint density at radius 2 is 1.96 bits per heavy atom. The van der Waals surface area contributed by atoms with Crippen LogP contribution in [-0.4, -0.2) is 47.2 Å². The quantitative estimate of drug-likeness (QED) is 0.801. The van der Waals surface area contributed by atoms with Crippen LogP contribution in [0.3, 0.4) is 0 Å². The van der Waals surface area contributed by atoms with E-state index in [1.165, 1.54) is 0 Å². The summed E-state index contributed by atoms with van der Waals surface area (Å²) < 4.78 is 0. The molecule has 24 heavy (non-hydrogen) atoms. The van der Waals surface area contributed by atoms with E-state index < -0.39 is 0 Å². The molecule has 0 aromatic carbocycles. The Morgan fingerprint density at radius 1 is 1.21 bits per heavy atom. The number of allylic oxidation sites excluding steroid dienone is 2. The Kier molecular flexibility index (Phi) is 4.61. The van der Waals surface area contributed by atoms with Gasteiger partial charge in [-0.15, -0.1) is 5.10 Å². The first-order valence-electron chi connectivity index (χ1n) is 8.87. The molecule has 1 aromatic heterocycles. The summed E-state index contributed by atoms with van der Waals surface area (Å²) in [7, 11) is 1.94. The van der Waals surface area contributed by atoms with Gasteiger partial charge in [-0.2, -0.15) is 5.10 Å². The van der Waals surface area contributed by atoms with Crippen LogP contribution >= 0.6 is 0 Å². The van der Waals surface area contributed by atoms with E-state index in [1.54, 1.807) is 0 Å². The van der Waals surface area contributed by atoms with E-state index in [1.807, 2.05) is 18.0 Å².